The summed E-state index contributed by atoms with van der Waals surface area (Å²) in [6.45, 7) is 20.9. The Hall–Kier alpha value is -14.2. The van der Waals surface area contributed by atoms with Crippen LogP contribution in [-0.4, -0.2) is 20.4 Å². The second-order valence-electron chi connectivity index (χ2n) is 36.0. The van der Waals surface area contributed by atoms with Crippen LogP contribution in [0.15, 0.2) is 382 Å². The van der Waals surface area contributed by atoms with Crippen molar-refractivity contribution in [3.8, 4) is 83.8 Å². The number of benzene rings is 17. The number of aromatic nitrogens is 3. The number of hydrogen-bond acceptors (Lipinski definition) is 2. The summed E-state index contributed by atoms with van der Waals surface area (Å²) in [5.41, 5.74) is 37.5. The van der Waals surface area contributed by atoms with Gasteiger partial charge in [-0.3, -0.25) is 0 Å². The predicted octanol–water partition coefficient (Wildman–Crippen LogP) is 29.0. The van der Waals surface area contributed by atoms with Gasteiger partial charge in [0.2, 0.25) is 0 Å². The van der Waals surface area contributed by atoms with Crippen molar-refractivity contribution in [2.24, 2.45) is 0 Å². The minimum absolute atomic E-state index is 0.0795. The molecular formula is C114H90BN5. The molecule has 0 atom stereocenters. The van der Waals surface area contributed by atoms with Gasteiger partial charge < -0.3 is 23.5 Å². The molecule has 22 rings (SSSR count). The zero-order valence-electron chi connectivity index (χ0n) is 69.2. The largest absolute Gasteiger partial charge is 0.310 e. The summed E-state index contributed by atoms with van der Waals surface area (Å²) in [7, 11) is 0. The highest BCUT2D eigenvalue weighted by Gasteiger charge is 2.47. The third-order valence-corrected chi connectivity index (χ3v) is 25.6. The van der Waals surface area contributed by atoms with Gasteiger partial charge in [0.15, 0.2) is 0 Å². The highest BCUT2D eigenvalue weighted by molar-refractivity contribution is 7.00. The Balaban J connectivity index is 0.907. The first-order valence-electron chi connectivity index (χ1n) is 42.3. The summed E-state index contributed by atoms with van der Waals surface area (Å²) in [6, 6.07) is 145. The van der Waals surface area contributed by atoms with Crippen LogP contribution in [0.25, 0.3) is 149 Å². The molecule has 0 saturated carbocycles. The van der Waals surface area contributed by atoms with Gasteiger partial charge in [-0.05, 0) is 215 Å². The van der Waals surface area contributed by atoms with Gasteiger partial charge in [0, 0.05) is 94.4 Å². The van der Waals surface area contributed by atoms with Crippen molar-refractivity contribution in [3.05, 3.63) is 399 Å². The summed E-state index contributed by atoms with van der Waals surface area (Å²) < 4.78 is 7.59. The number of nitrogens with zero attached hydrogens (tertiary/aromatic N) is 5. The van der Waals surface area contributed by atoms with E-state index in [-0.39, 0.29) is 23.0 Å². The summed E-state index contributed by atoms with van der Waals surface area (Å²) >= 11 is 0. The average molecular weight is 1540 g/mol. The molecule has 5 nitrogen and oxygen atoms in total. The van der Waals surface area contributed by atoms with Crippen molar-refractivity contribution in [2.75, 3.05) is 9.80 Å². The highest BCUT2D eigenvalue weighted by atomic mass is 15.2. The van der Waals surface area contributed by atoms with Crippen molar-refractivity contribution in [1.29, 1.82) is 0 Å². The summed E-state index contributed by atoms with van der Waals surface area (Å²) in [5, 5.41) is 7.31. The molecule has 2 aliphatic rings. The highest BCUT2D eigenvalue weighted by Crippen LogP contribution is 2.56. The molecule has 0 fully saturated rings. The zero-order valence-corrected chi connectivity index (χ0v) is 69.2. The Morgan fingerprint density at radius 1 is 0.200 bits per heavy atom. The Morgan fingerprint density at radius 2 is 0.500 bits per heavy atom. The molecule has 120 heavy (non-hydrogen) atoms. The van der Waals surface area contributed by atoms with Crippen LogP contribution in [-0.2, 0) is 16.2 Å². The fraction of sp³-hybridized carbons (Fsp3) is 0.105. The smallest absolute Gasteiger partial charge is 0.252 e. The standard InChI is InChI=1S/C114H90BN5/c1-112(2,3)81-53-59-101-93(65-81)94-66-82(113(4,5)6)54-60-102(94)117(101)85-55-57-97-105(69-85)119(110-89(75-39-21-12-22-40-75)61-79(73-35-17-10-18-36-73)62-90(110)76-41-23-13-24-42-76)107-67-83(114(7,8)9)68-108-109(107)115(97)98-58-56-86(118-100-52-34-32-50-88(100)96-71-103-95(72-104(96)118)87-49-31-33-51-99(87)116(103)84-47-29-16-30-48-84)70-106(98)120(108)111-91(77-43-25-14-26-44-77)63-80(74-37-19-11-20-38-74)64-92(111)78-45-27-15-28-46-78/h10-72H,1-9H3. The summed E-state index contributed by atoms with van der Waals surface area (Å²) in [5.74, 6) is 0. The zero-order chi connectivity index (χ0) is 81.0. The SMILES string of the molecule is CC(C)(C)c1cc2c3c(c1)N(c1c(-c4ccccc4)cc(-c4ccccc4)cc1-c1ccccc1)c1cc(-n4c5ccccc5c5cc6c(cc54)c4ccccc4n6-c4ccccc4)ccc1B3c1ccc(-n3c4ccc(C(C)(C)C)cc4c4cc(C(C)(C)C)ccc43)cc1N2c1c(-c2ccccc2)cc(-c2ccccc2)cc1-c1ccccc1. The maximum Gasteiger partial charge on any atom is 0.252 e. The molecule has 0 unspecified atom stereocenters. The van der Waals surface area contributed by atoms with Crippen LogP contribution in [0, 0.1) is 0 Å². The Kier molecular flexibility index (Phi) is 16.7. The van der Waals surface area contributed by atoms with Crippen molar-refractivity contribution in [2.45, 2.75) is 78.6 Å². The average Bonchev–Trinajstić information content (AvgIpc) is 0.858. The fourth-order valence-corrected chi connectivity index (χ4v) is 19.7. The van der Waals surface area contributed by atoms with Gasteiger partial charge in [-0.15, -0.1) is 0 Å². The minimum atomic E-state index is -0.384. The van der Waals surface area contributed by atoms with Crippen LogP contribution in [0.5, 0.6) is 0 Å². The van der Waals surface area contributed by atoms with Gasteiger partial charge in [0.05, 0.1) is 44.5 Å². The molecule has 2 aliphatic heterocycles. The van der Waals surface area contributed by atoms with E-state index in [9.17, 15) is 0 Å². The van der Waals surface area contributed by atoms with Crippen LogP contribution in [0.3, 0.4) is 0 Å². The normalized spacial score (nSPS) is 12.8. The minimum Gasteiger partial charge on any atom is -0.310 e. The van der Waals surface area contributed by atoms with E-state index in [1.165, 1.54) is 87.5 Å². The number of anilines is 6. The van der Waals surface area contributed by atoms with Gasteiger partial charge >= 0.3 is 0 Å². The molecule has 0 spiro atoms. The fourth-order valence-electron chi connectivity index (χ4n) is 19.7. The van der Waals surface area contributed by atoms with Gasteiger partial charge in [-0.1, -0.05) is 323 Å². The van der Waals surface area contributed by atoms with Crippen LogP contribution in [0.2, 0.25) is 0 Å². The first-order chi connectivity index (χ1) is 58.4. The van der Waals surface area contributed by atoms with Crippen LogP contribution < -0.4 is 26.2 Å². The monoisotopic (exact) mass is 1540 g/mol. The Labute approximate surface area is 702 Å². The Morgan fingerprint density at radius 3 is 0.858 bits per heavy atom. The molecule has 6 heteroatoms. The first-order valence-corrected chi connectivity index (χ1v) is 42.3. The van der Waals surface area contributed by atoms with E-state index in [2.05, 4.69) is 468 Å². The lowest BCUT2D eigenvalue weighted by molar-refractivity contribution is 0.590. The molecule has 0 N–H and O–H groups in total. The van der Waals surface area contributed by atoms with E-state index in [4.69, 9.17) is 0 Å². The third-order valence-electron chi connectivity index (χ3n) is 25.6. The maximum absolute atomic E-state index is 2.74. The van der Waals surface area contributed by atoms with Crippen LogP contribution in [0.4, 0.5) is 34.1 Å². The molecule has 0 amide bonds. The molecule has 0 bridgehead atoms. The van der Waals surface area contributed by atoms with Gasteiger partial charge in [-0.2, -0.15) is 0 Å². The van der Waals surface area contributed by atoms with E-state index in [0.717, 1.165) is 129 Å². The van der Waals surface area contributed by atoms with E-state index >= 15 is 0 Å². The second-order valence-corrected chi connectivity index (χ2v) is 36.0. The molecule has 0 saturated heterocycles. The van der Waals surface area contributed by atoms with Gasteiger partial charge in [0.25, 0.3) is 6.71 Å². The molecule has 20 aromatic rings. The second kappa shape index (κ2) is 27.7. The summed E-state index contributed by atoms with van der Waals surface area (Å²) in [4.78, 5) is 5.48. The van der Waals surface area contributed by atoms with Gasteiger partial charge in [-0.25, -0.2) is 0 Å². The molecule has 5 heterocycles. The van der Waals surface area contributed by atoms with E-state index < -0.39 is 0 Å². The van der Waals surface area contributed by atoms with Crippen molar-refractivity contribution < 1.29 is 0 Å². The maximum atomic E-state index is 2.74. The van der Waals surface area contributed by atoms with Gasteiger partial charge in [0.1, 0.15) is 0 Å². The Bertz CT molecular complexity index is 7290. The molecule has 17 aromatic carbocycles. The van der Waals surface area contributed by atoms with E-state index in [1.54, 1.807) is 0 Å². The van der Waals surface area contributed by atoms with Crippen LogP contribution >= 0.6 is 0 Å². The van der Waals surface area contributed by atoms with E-state index in [0.29, 0.717) is 0 Å². The summed E-state index contributed by atoms with van der Waals surface area (Å²) in [6.07, 6.45) is 0. The molecular weight excluding hydrogens is 1450 g/mol. The topological polar surface area (TPSA) is 21.3 Å². The number of para-hydroxylation sites is 3. The quantitative estimate of drug-likeness (QED) is 0.120. The first kappa shape index (κ1) is 72.3. The number of hydrogen-bond donors (Lipinski definition) is 0. The van der Waals surface area contributed by atoms with E-state index in [1.807, 2.05) is 0 Å². The lowest BCUT2D eigenvalue weighted by atomic mass is 9.33. The molecule has 574 valence electrons. The predicted molar refractivity (Wildman–Crippen MR) is 512 cm³/mol. The lowest BCUT2D eigenvalue weighted by Gasteiger charge is -2.46. The van der Waals surface area contributed by atoms with Crippen LogP contribution in [0.1, 0.15) is 79.0 Å². The number of fused-ring (bicyclic) bond motifs is 13. The molecule has 3 aromatic heterocycles. The van der Waals surface area contributed by atoms with Crippen molar-refractivity contribution >= 4 is 123 Å². The lowest BCUT2D eigenvalue weighted by Crippen LogP contribution is -2.61. The van der Waals surface area contributed by atoms with Crippen molar-refractivity contribution in [1.82, 2.24) is 13.7 Å². The number of rotatable bonds is 11. The van der Waals surface area contributed by atoms with Crippen molar-refractivity contribution in [3.63, 3.8) is 0 Å². The third kappa shape index (κ3) is 11.7. The molecule has 0 aliphatic carbocycles. The molecule has 0 radical (unpaired) electrons.